The molecule has 37 heavy (non-hydrogen) atoms. The zero-order valence-electron chi connectivity index (χ0n) is 20.3. The van der Waals surface area contributed by atoms with E-state index < -0.39 is 0 Å². The summed E-state index contributed by atoms with van der Waals surface area (Å²) in [7, 11) is 0. The lowest BCUT2D eigenvalue weighted by Crippen LogP contribution is -2.43. The van der Waals surface area contributed by atoms with Gasteiger partial charge in [0.15, 0.2) is 5.82 Å². The predicted molar refractivity (Wildman–Crippen MR) is 142 cm³/mol. The van der Waals surface area contributed by atoms with Crippen molar-refractivity contribution < 1.29 is 9.53 Å². The zero-order chi connectivity index (χ0) is 24.9. The average Bonchev–Trinajstić information content (AvgIpc) is 3.27. The third-order valence-corrected chi connectivity index (χ3v) is 7.62. The predicted octanol–water partition coefficient (Wildman–Crippen LogP) is 4.17. The maximum atomic E-state index is 13.7. The van der Waals surface area contributed by atoms with Crippen molar-refractivity contribution >= 4 is 27.7 Å². The van der Waals surface area contributed by atoms with Crippen LogP contribution in [0.3, 0.4) is 0 Å². The lowest BCUT2D eigenvalue weighted by molar-refractivity contribution is -0.139. The summed E-state index contributed by atoms with van der Waals surface area (Å²) in [4.78, 5) is 33.9. The number of benzene rings is 3. The molecule has 1 fully saturated rings. The smallest absolute Gasteiger partial charge is 0.261 e. The Morgan fingerprint density at radius 2 is 1.68 bits per heavy atom. The number of morpholine rings is 1. The van der Waals surface area contributed by atoms with E-state index in [0.717, 1.165) is 34.1 Å². The minimum atomic E-state index is -0.137. The van der Waals surface area contributed by atoms with Crippen LogP contribution in [0.4, 0.5) is 0 Å². The summed E-state index contributed by atoms with van der Waals surface area (Å²) < 4.78 is 9.82. The number of para-hydroxylation sites is 2. The van der Waals surface area contributed by atoms with Gasteiger partial charge < -0.3 is 14.2 Å². The Hall–Kier alpha value is -4.23. The molecule has 7 heteroatoms. The molecule has 1 amide bonds. The molecule has 0 saturated carbocycles. The number of nitrogens with zero attached hydrogens (tertiary/aromatic N) is 4. The Labute approximate surface area is 213 Å². The summed E-state index contributed by atoms with van der Waals surface area (Å²) in [5.74, 6) is 0.672. The molecule has 4 heterocycles. The molecule has 2 aromatic heterocycles. The third kappa shape index (κ3) is 3.57. The van der Waals surface area contributed by atoms with E-state index in [9.17, 15) is 9.59 Å². The number of hydrogen-bond acceptors (Lipinski definition) is 4. The van der Waals surface area contributed by atoms with Gasteiger partial charge in [-0.15, -0.1) is 0 Å². The van der Waals surface area contributed by atoms with Crippen molar-refractivity contribution in [3.63, 3.8) is 0 Å². The molecule has 0 bridgehead atoms. The Morgan fingerprint density at radius 3 is 2.54 bits per heavy atom. The van der Waals surface area contributed by atoms with Gasteiger partial charge in [-0.2, -0.15) is 0 Å². The van der Waals surface area contributed by atoms with Gasteiger partial charge in [-0.1, -0.05) is 60.7 Å². The first-order valence-electron chi connectivity index (χ1n) is 12.7. The fourth-order valence-corrected chi connectivity index (χ4v) is 5.81. The average molecular weight is 491 g/mol. The van der Waals surface area contributed by atoms with Crippen molar-refractivity contribution in [1.82, 2.24) is 19.0 Å². The summed E-state index contributed by atoms with van der Waals surface area (Å²) in [6, 6.07) is 25.7. The first-order valence-corrected chi connectivity index (χ1v) is 12.7. The van der Waals surface area contributed by atoms with E-state index >= 15 is 0 Å². The second-order valence-corrected chi connectivity index (χ2v) is 9.70. The number of fused-ring (bicyclic) bond motifs is 6. The fourth-order valence-electron chi connectivity index (χ4n) is 5.81. The number of ether oxygens (including phenoxy) is 1. The standard InChI is InChI=1S/C30H26N4O3/c35-27(32-16-17-37-26(18-32)20-8-2-1-3-9-20)19-34-25-13-7-5-10-21(25)22-14-15-33-29(28(22)34)31-24-12-6-4-11-23(24)30(33)36/h1-13,26H,14-19H2. The number of carbonyl (C=O) groups excluding carboxylic acids is 1. The van der Waals surface area contributed by atoms with Crippen molar-refractivity contribution in [2.75, 3.05) is 19.7 Å². The monoisotopic (exact) mass is 490 g/mol. The number of hydrogen-bond donors (Lipinski definition) is 0. The lowest BCUT2D eigenvalue weighted by atomic mass is 10.0. The van der Waals surface area contributed by atoms with Gasteiger partial charge in [-0.25, -0.2) is 4.98 Å². The highest BCUT2D eigenvalue weighted by atomic mass is 16.5. The largest absolute Gasteiger partial charge is 0.370 e. The second kappa shape index (κ2) is 8.71. The molecule has 0 radical (unpaired) electrons. The van der Waals surface area contributed by atoms with E-state index in [-0.39, 0.29) is 24.1 Å². The number of aromatic nitrogens is 3. The SMILES string of the molecule is O=C(Cn1c2c(c3ccccc31)CCn1c-2nc2ccccc2c1=O)N1CCOC(c2ccccc2)C1. The summed E-state index contributed by atoms with van der Waals surface area (Å²) in [6.07, 6.45) is 0.582. The highest BCUT2D eigenvalue weighted by Crippen LogP contribution is 2.37. The zero-order valence-corrected chi connectivity index (χ0v) is 20.3. The Morgan fingerprint density at radius 1 is 0.919 bits per heavy atom. The van der Waals surface area contributed by atoms with Crippen LogP contribution >= 0.6 is 0 Å². The molecule has 0 spiro atoms. The molecule has 2 aliphatic heterocycles. The molecule has 0 N–H and O–H groups in total. The highest BCUT2D eigenvalue weighted by Gasteiger charge is 2.30. The molecule has 1 saturated heterocycles. The molecular formula is C30H26N4O3. The second-order valence-electron chi connectivity index (χ2n) is 9.70. The summed E-state index contributed by atoms with van der Waals surface area (Å²) in [6.45, 7) is 2.33. The maximum Gasteiger partial charge on any atom is 0.261 e. The lowest BCUT2D eigenvalue weighted by Gasteiger charge is -2.33. The first kappa shape index (κ1) is 22.0. The molecule has 1 atom stereocenters. The van der Waals surface area contributed by atoms with Crippen LogP contribution in [0.15, 0.2) is 83.7 Å². The first-order chi connectivity index (χ1) is 18.2. The van der Waals surface area contributed by atoms with Crippen molar-refractivity contribution in [3.8, 4) is 11.5 Å². The minimum absolute atomic E-state index is 0.0340. The van der Waals surface area contributed by atoms with Gasteiger partial charge in [0.1, 0.15) is 12.6 Å². The quantitative estimate of drug-likeness (QED) is 0.381. The normalized spacial score (nSPS) is 17.1. The molecule has 0 aliphatic carbocycles. The topological polar surface area (TPSA) is 69.4 Å². The number of amides is 1. The van der Waals surface area contributed by atoms with Crippen molar-refractivity contribution in [3.05, 3.63) is 100 Å². The Kier molecular flexibility index (Phi) is 5.18. The molecule has 1 unspecified atom stereocenters. The van der Waals surface area contributed by atoms with Crippen molar-refractivity contribution in [1.29, 1.82) is 0 Å². The van der Waals surface area contributed by atoms with Crippen LogP contribution in [0.25, 0.3) is 33.3 Å². The van der Waals surface area contributed by atoms with Crippen LogP contribution in [-0.2, 0) is 29.0 Å². The van der Waals surface area contributed by atoms with Crippen molar-refractivity contribution in [2.45, 2.75) is 25.6 Å². The van der Waals surface area contributed by atoms with Crippen molar-refractivity contribution in [2.24, 2.45) is 0 Å². The summed E-state index contributed by atoms with van der Waals surface area (Å²) in [5, 5.41) is 1.73. The van der Waals surface area contributed by atoms with E-state index in [1.165, 1.54) is 0 Å². The van der Waals surface area contributed by atoms with Crippen LogP contribution in [0, 0.1) is 0 Å². The maximum absolute atomic E-state index is 13.7. The van der Waals surface area contributed by atoms with Gasteiger partial charge in [0, 0.05) is 24.0 Å². The third-order valence-electron chi connectivity index (χ3n) is 7.62. The number of rotatable bonds is 3. The van der Waals surface area contributed by atoms with E-state index in [4.69, 9.17) is 9.72 Å². The molecule has 3 aromatic carbocycles. The van der Waals surface area contributed by atoms with Crippen LogP contribution < -0.4 is 5.56 Å². The van der Waals surface area contributed by atoms with Crippen LogP contribution in [-0.4, -0.2) is 44.6 Å². The number of aryl methyl sites for hydroxylation is 1. The van der Waals surface area contributed by atoms with Gasteiger partial charge >= 0.3 is 0 Å². The molecule has 7 nitrogen and oxygen atoms in total. The fraction of sp³-hybridized carbons (Fsp3) is 0.233. The minimum Gasteiger partial charge on any atom is -0.370 e. The van der Waals surface area contributed by atoms with Gasteiger partial charge in [0.05, 0.1) is 29.7 Å². The van der Waals surface area contributed by atoms with E-state index in [1.807, 2.05) is 71.6 Å². The summed E-state index contributed by atoms with van der Waals surface area (Å²) in [5.41, 5.74) is 4.73. The molecular weight excluding hydrogens is 464 g/mol. The summed E-state index contributed by atoms with van der Waals surface area (Å²) >= 11 is 0. The molecule has 184 valence electrons. The van der Waals surface area contributed by atoms with Gasteiger partial charge in [0.2, 0.25) is 5.91 Å². The van der Waals surface area contributed by atoms with Crippen LogP contribution in [0.1, 0.15) is 17.2 Å². The Balaban J connectivity index is 1.31. The number of carbonyl (C=O) groups is 1. The van der Waals surface area contributed by atoms with E-state index in [1.54, 1.807) is 4.57 Å². The Bertz CT molecular complexity index is 1720. The van der Waals surface area contributed by atoms with E-state index in [2.05, 4.69) is 16.7 Å². The van der Waals surface area contributed by atoms with Crippen LogP contribution in [0.2, 0.25) is 0 Å². The molecule has 5 aromatic rings. The van der Waals surface area contributed by atoms with Gasteiger partial charge in [-0.05, 0) is 35.7 Å². The molecule has 2 aliphatic rings. The van der Waals surface area contributed by atoms with Crippen LogP contribution in [0.5, 0.6) is 0 Å². The molecule has 7 rings (SSSR count). The highest BCUT2D eigenvalue weighted by molar-refractivity contribution is 5.94. The van der Waals surface area contributed by atoms with Gasteiger partial charge in [-0.3, -0.25) is 14.2 Å². The van der Waals surface area contributed by atoms with E-state index in [0.29, 0.717) is 43.0 Å². The van der Waals surface area contributed by atoms with Gasteiger partial charge in [0.25, 0.3) is 5.56 Å².